The Labute approximate surface area is 224 Å². The summed E-state index contributed by atoms with van der Waals surface area (Å²) in [7, 11) is 0. The number of amides is 2. The Morgan fingerprint density at radius 2 is 1.97 bits per heavy atom. The maximum atomic E-state index is 13.1. The summed E-state index contributed by atoms with van der Waals surface area (Å²) in [4.78, 5) is 45.9. The standard InChI is InChI=1S/C25H28Cl2N6O4/c1-4-20(37-21-9-8-18(26)13-17(21)14-30-16(3)34)24(35)32-33-15(2)22(27)31-23(25(33)36)29-12-10-19-7-5-6-11-28-19/h5-9,11,13,20H,4,10,12,14H2,1-3H3,(H,29,31)(H,30,34)(H,32,35). The molecule has 37 heavy (non-hydrogen) atoms. The summed E-state index contributed by atoms with van der Waals surface area (Å²) >= 11 is 12.4. The number of nitrogens with one attached hydrogen (secondary N) is 3. The number of ether oxygens (including phenoxy) is 1. The van der Waals surface area contributed by atoms with Gasteiger partial charge in [-0.2, -0.15) is 0 Å². The van der Waals surface area contributed by atoms with E-state index in [0.717, 1.165) is 10.4 Å². The lowest BCUT2D eigenvalue weighted by atomic mass is 10.2. The molecule has 0 bridgehead atoms. The fourth-order valence-electron chi connectivity index (χ4n) is 3.36. The summed E-state index contributed by atoms with van der Waals surface area (Å²) in [5.74, 6) is -0.399. The first-order valence-corrected chi connectivity index (χ1v) is 12.4. The first-order valence-electron chi connectivity index (χ1n) is 11.6. The topological polar surface area (TPSA) is 127 Å². The molecule has 1 aromatic carbocycles. The molecule has 2 aromatic heterocycles. The van der Waals surface area contributed by atoms with Gasteiger partial charge in [-0.1, -0.05) is 36.2 Å². The lowest BCUT2D eigenvalue weighted by Gasteiger charge is -2.21. The lowest BCUT2D eigenvalue weighted by molar-refractivity contribution is -0.124. The molecule has 0 spiro atoms. The third kappa shape index (κ3) is 7.68. The van der Waals surface area contributed by atoms with Crippen molar-refractivity contribution in [2.45, 2.75) is 46.3 Å². The summed E-state index contributed by atoms with van der Waals surface area (Å²) in [5, 5.41) is 6.17. The molecule has 0 aliphatic rings. The summed E-state index contributed by atoms with van der Waals surface area (Å²) in [5.41, 5.74) is 3.75. The molecule has 0 aliphatic heterocycles. The van der Waals surface area contributed by atoms with Gasteiger partial charge in [-0.3, -0.25) is 24.8 Å². The summed E-state index contributed by atoms with van der Waals surface area (Å²) in [6.45, 7) is 5.31. The zero-order valence-electron chi connectivity index (χ0n) is 20.7. The van der Waals surface area contributed by atoms with Gasteiger partial charge in [0.2, 0.25) is 5.91 Å². The second kappa shape index (κ2) is 13.1. The number of hydrogen-bond acceptors (Lipinski definition) is 7. The number of anilines is 1. The molecule has 1 atom stereocenters. The van der Waals surface area contributed by atoms with Crippen molar-refractivity contribution in [1.29, 1.82) is 0 Å². The number of pyridine rings is 1. The average Bonchev–Trinajstić information content (AvgIpc) is 2.88. The molecule has 0 saturated carbocycles. The van der Waals surface area contributed by atoms with E-state index >= 15 is 0 Å². The van der Waals surface area contributed by atoms with Crippen LogP contribution in [0.4, 0.5) is 5.82 Å². The molecule has 0 fully saturated rings. The van der Waals surface area contributed by atoms with Crippen LogP contribution in [0.15, 0.2) is 47.4 Å². The number of hydrogen-bond donors (Lipinski definition) is 3. The highest BCUT2D eigenvalue weighted by molar-refractivity contribution is 6.30. The highest BCUT2D eigenvalue weighted by atomic mass is 35.5. The predicted octanol–water partition coefficient (Wildman–Crippen LogP) is 3.47. The Morgan fingerprint density at radius 1 is 1.19 bits per heavy atom. The fraction of sp³-hybridized carbons (Fsp3) is 0.320. The summed E-state index contributed by atoms with van der Waals surface area (Å²) in [6, 6.07) is 10.5. The Kier molecular flexibility index (Phi) is 9.87. The molecule has 0 radical (unpaired) electrons. The van der Waals surface area contributed by atoms with Crippen molar-refractivity contribution in [3.8, 4) is 5.75 Å². The number of nitrogens with zero attached hydrogens (tertiary/aromatic N) is 3. The molecule has 3 rings (SSSR count). The van der Waals surface area contributed by atoms with E-state index in [2.05, 4.69) is 26.0 Å². The Hall–Kier alpha value is -3.63. The zero-order valence-corrected chi connectivity index (χ0v) is 22.2. The quantitative estimate of drug-likeness (QED) is 0.336. The third-order valence-electron chi connectivity index (χ3n) is 5.35. The van der Waals surface area contributed by atoms with Crippen molar-refractivity contribution in [1.82, 2.24) is 20.0 Å². The molecule has 2 heterocycles. The van der Waals surface area contributed by atoms with Crippen LogP contribution in [-0.2, 0) is 22.6 Å². The minimum absolute atomic E-state index is 0.00362. The SMILES string of the molecule is CCC(Oc1ccc(Cl)cc1CNC(C)=O)C(=O)Nn1c(C)c(Cl)nc(NCCc2ccccn2)c1=O. The number of rotatable bonds is 11. The van der Waals surface area contributed by atoms with Crippen molar-refractivity contribution >= 4 is 40.8 Å². The van der Waals surface area contributed by atoms with Crippen LogP contribution in [0, 0.1) is 6.92 Å². The van der Waals surface area contributed by atoms with E-state index in [9.17, 15) is 14.4 Å². The van der Waals surface area contributed by atoms with Gasteiger partial charge in [0.1, 0.15) is 5.75 Å². The number of aromatic nitrogens is 3. The highest BCUT2D eigenvalue weighted by Gasteiger charge is 2.23. The van der Waals surface area contributed by atoms with Gasteiger partial charge in [-0.05, 0) is 43.7 Å². The van der Waals surface area contributed by atoms with Gasteiger partial charge in [0.15, 0.2) is 17.1 Å². The van der Waals surface area contributed by atoms with Crippen molar-refractivity contribution in [3.63, 3.8) is 0 Å². The van der Waals surface area contributed by atoms with Gasteiger partial charge in [-0.15, -0.1) is 0 Å². The second-order valence-electron chi connectivity index (χ2n) is 8.13. The number of carbonyl (C=O) groups is 2. The van der Waals surface area contributed by atoms with Crippen LogP contribution in [0.3, 0.4) is 0 Å². The van der Waals surface area contributed by atoms with Gasteiger partial charge >= 0.3 is 5.56 Å². The maximum absolute atomic E-state index is 13.1. The van der Waals surface area contributed by atoms with Gasteiger partial charge in [0.25, 0.3) is 5.91 Å². The number of halogens is 2. The van der Waals surface area contributed by atoms with Crippen molar-refractivity contribution in [2.24, 2.45) is 0 Å². The molecule has 0 aliphatic carbocycles. The molecule has 12 heteroatoms. The minimum Gasteiger partial charge on any atom is -0.480 e. The molecule has 3 N–H and O–H groups in total. The van der Waals surface area contributed by atoms with E-state index in [1.807, 2.05) is 18.2 Å². The Morgan fingerprint density at radius 3 is 2.65 bits per heavy atom. The van der Waals surface area contributed by atoms with Crippen molar-refractivity contribution < 1.29 is 14.3 Å². The molecule has 3 aromatic rings. The smallest absolute Gasteiger partial charge is 0.312 e. The van der Waals surface area contributed by atoms with Gasteiger partial charge < -0.3 is 15.4 Å². The maximum Gasteiger partial charge on any atom is 0.312 e. The Bertz CT molecular complexity index is 1320. The van der Waals surface area contributed by atoms with E-state index in [-0.39, 0.29) is 29.1 Å². The van der Waals surface area contributed by atoms with Crippen molar-refractivity contribution in [2.75, 3.05) is 17.3 Å². The molecule has 1 unspecified atom stereocenters. The van der Waals surface area contributed by atoms with Gasteiger partial charge in [0, 0.05) is 48.9 Å². The number of benzene rings is 1. The van der Waals surface area contributed by atoms with Crippen molar-refractivity contribution in [3.05, 3.63) is 80.1 Å². The largest absolute Gasteiger partial charge is 0.480 e. The molecular formula is C25H28Cl2N6O4. The minimum atomic E-state index is -0.948. The second-order valence-corrected chi connectivity index (χ2v) is 8.92. The van der Waals surface area contributed by atoms with E-state index < -0.39 is 17.6 Å². The van der Waals surface area contributed by atoms with E-state index in [4.69, 9.17) is 27.9 Å². The first kappa shape index (κ1) is 27.9. The van der Waals surface area contributed by atoms with Crippen LogP contribution in [0.25, 0.3) is 0 Å². The van der Waals surface area contributed by atoms with Crippen LogP contribution in [0.5, 0.6) is 5.75 Å². The van der Waals surface area contributed by atoms with E-state index in [1.165, 1.54) is 6.92 Å². The fourth-order valence-corrected chi connectivity index (χ4v) is 3.72. The van der Waals surface area contributed by atoms with E-state index in [1.54, 1.807) is 38.2 Å². The van der Waals surface area contributed by atoms with E-state index in [0.29, 0.717) is 35.7 Å². The number of carbonyl (C=O) groups excluding carboxylic acids is 2. The first-order chi connectivity index (χ1) is 17.7. The van der Waals surface area contributed by atoms with Crippen LogP contribution < -0.4 is 26.4 Å². The predicted molar refractivity (Wildman–Crippen MR) is 143 cm³/mol. The lowest BCUT2D eigenvalue weighted by Crippen LogP contribution is -2.43. The van der Waals surface area contributed by atoms with Crippen LogP contribution >= 0.6 is 23.2 Å². The molecule has 196 valence electrons. The molecule has 2 amide bonds. The normalized spacial score (nSPS) is 11.5. The van der Waals surface area contributed by atoms with Gasteiger partial charge in [-0.25, -0.2) is 9.66 Å². The Balaban J connectivity index is 1.76. The monoisotopic (exact) mass is 546 g/mol. The van der Waals surface area contributed by atoms with Crippen LogP contribution in [-0.4, -0.2) is 39.1 Å². The third-order valence-corrected chi connectivity index (χ3v) is 5.95. The average molecular weight is 547 g/mol. The van der Waals surface area contributed by atoms with Gasteiger partial charge in [0.05, 0.1) is 5.69 Å². The summed E-state index contributed by atoms with van der Waals surface area (Å²) < 4.78 is 7.01. The summed E-state index contributed by atoms with van der Waals surface area (Å²) in [6.07, 6.45) is 1.61. The van der Waals surface area contributed by atoms with Crippen LogP contribution in [0.2, 0.25) is 10.2 Å². The van der Waals surface area contributed by atoms with Crippen LogP contribution in [0.1, 0.15) is 37.2 Å². The zero-order chi connectivity index (χ0) is 26.9. The molecule has 10 nitrogen and oxygen atoms in total. The highest BCUT2D eigenvalue weighted by Crippen LogP contribution is 2.25. The molecular weight excluding hydrogens is 519 g/mol. The molecule has 0 saturated heterocycles.